The van der Waals surface area contributed by atoms with Crippen molar-refractivity contribution in [2.45, 2.75) is 13.3 Å². The van der Waals surface area contributed by atoms with Crippen molar-refractivity contribution in [1.82, 2.24) is 9.88 Å². The van der Waals surface area contributed by atoms with Crippen LogP contribution in [0.25, 0.3) is 0 Å². The number of nitrogens with one attached hydrogen (secondary N) is 1. The summed E-state index contributed by atoms with van der Waals surface area (Å²) in [5.74, 6) is -0.224. The minimum absolute atomic E-state index is 0.224. The van der Waals surface area contributed by atoms with Crippen molar-refractivity contribution in [2.75, 3.05) is 36.4 Å². The van der Waals surface area contributed by atoms with E-state index in [1.54, 1.807) is 17.2 Å². The number of benzene rings is 1. The maximum atomic E-state index is 12.5. The Morgan fingerprint density at radius 3 is 2.52 bits per heavy atom. The molecule has 1 aliphatic heterocycles. The molecular weight excluding hydrogens is 316 g/mol. The highest BCUT2D eigenvalue weighted by Gasteiger charge is 2.17. The highest BCUT2D eigenvalue weighted by molar-refractivity contribution is 6.03. The third-order valence-electron chi connectivity index (χ3n) is 4.42. The van der Waals surface area contributed by atoms with Crippen molar-refractivity contribution in [2.24, 2.45) is 0 Å². The van der Waals surface area contributed by atoms with Crippen LogP contribution in [0, 0.1) is 0 Å². The third-order valence-corrected chi connectivity index (χ3v) is 4.42. The van der Waals surface area contributed by atoms with Gasteiger partial charge in [-0.15, -0.1) is 0 Å². The molecule has 2 amide bonds. The molecule has 1 fully saturated rings. The highest BCUT2D eigenvalue weighted by Crippen LogP contribution is 2.18. The second-order valence-electron chi connectivity index (χ2n) is 6.03. The second-order valence-corrected chi connectivity index (χ2v) is 6.03. The van der Waals surface area contributed by atoms with E-state index >= 15 is 0 Å². The van der Waals surface area contributed by atoms with Crippen LogP contribution in [0.1, 0.15) is 23.0 Å². The van der Waals surface area contributed by atoms with Gasteiger partial charge in [-0.2, -0.15) is 0 Å². The number of pyridine rings is 1. The Morgan fingerprint density at radius 2 is 1.88 bits per heavy atom. The molecule has 2 heterocycles. The van der Waals surface area contributed by atoms with Gasteiger partial charge >= 0.3 is 0 Å². The van der Waals surface area contributed by atoms with Gasteiger partial charge in [0.2, 0.25) is 6.41 Å². The van der Waals surface area contributed by atoms with Crippen LogP contribution in [0.3, 0.4) is 0 Å². The van der Waals surface area contributed by atoms with Crippen molar-refractivity contribution in [3.63, 3.8) is 0 Å². The Hall–Kier alpha value is -2.89. The van der Waals surface area contributed by atoms with E-state index < -0.39 is 0 Å². The van der Waals surface area contributed by atoms with Crippen LogP contribution in [0.4, 0.5) is 11.4 Å². The lowest BCUT2D eigenvalue weighted by Crippen LogP contribution is -2.45. The number of nitrogens with zero attached hydrogens (tertiary/aromatic N) is 3. The summed E-state index contributed by atoms with van der Waals surface area (Å²) >= 11 is 0. The van der Waals surface area contributed by atoms with E-state index in [1.165, 1.54) is 5.56 Å². The molecule has 130 valence electrons. The van der Waals surface area contributed by atoms with Crippen molar-refractivity contribution < 1.29 is 9.59 Å². The molecule has 0 aliphatic carbocycles. The molecule has 6 nitrogen and oxygen atoms in total. The molecule has 1 aromatic carbocycles. The van der Waals surface area contributed by atoms with Gasteiger partial charge in [0.05, 0.1) is 0 Å². The summed E-state index contributed by atoms with van der Waals surface area (Å²) in [6.07, 6.45) is 3.50. The summed E-state index contributed by atoms with van der Waals surface area (Å²) in [4.78, 5) is 31.4. The molecule has 1 aromatic heterocycles. The molecule has 0 radical (unpaired) electrons. The van der Waals surface area contributed by atoms with Crippen molar-refractivity contribution >= 4 is 23.7 Å². The monoisotopic (exact) mass is 338 g/mol. The topological polar surface area (TPSA) is 65.5 Å². The minimum Gasteiger partial charge on any atom is -0.368 e. The van der Waals surface area contributed by atoms with Gasteiger partial charge in [-0.05, 0) is 36.2 Å². The Morgan fingerprint density at radius 1 is 1.16 bits per heavy atom. The van der Waals surface area contributed by atoms with Gasteiger partial charge in [-0.3, -0.25) is 14.6 Å². The lowest BCUT2D eigenvalue weighted by Gasteiger charge is -2.34. The van der Waals surface area contributed by atoms with Gasteiger partial charge in [0.1, 0.15) is 5.69 Å². The van der Waals surface area contributed by atoms with E-state index in [2.05, 4.69) is 22.1 Å². The lowest BCUT2D eigenvalue weighted by atomic mass is 10.1. The number of carbonyl (C=O) groups is 2. The largest absolute Gasteiger partial charge is 0.368 e. The first-order valence-electron chi connectivity index (χ1n) is 8.50. The van der Waals surface area contributed by atoms with E-state index in [0.29, 0.717) is 18.8 Å². The molecule has 0 saturated carbocycles. The van der Waals surface area contributed by atoms with Crippen LogP contribution in [0.2, 0.25) is 0 Å². The molecule has 1 aliphatic rings. The van der Waals surface area contributed by atoms with Crippen LogP contribution in [0.15, 0.2) is 42.6 Å². The smallest absolute Gasteiger partial charge is 0.274 e. The first-order chi connectivity index (χ1) is 12.2. The molecule has 6 heteroatoms. The zero-order valence-corrected chi connectivity index (χ0v) is 14.3. The SMILES string of the molecule is CCc1ccc(NC(=O)c2cc(N3CCN(C=O)CC3)ccn2)cc1. The van der Waals surface area contributed by atoms with Crippen molar-refractivity contribution in [3.05, 3.63) is 53.9 Å². The average Bonchev–Trinajstić information content (AvgIpc) is 2.68. The molecular formula is C19H22N4O2. The van der Waals surface area contributed by atoms with E-state index in [9.17, 15) is 9.59 Å². The number of piperazine rings is 1. The summed E-state index contributed by atoms with van der Waals surface area (Å²) in [7, 11) is 0. The molecule has 25 heavy (non-hydrogen) atoms. The van der Waals surface area contributed by atoms with Gasteiger partial charge in [0, 0.05) is 43.8 Å². The predicted molar refractivity (Wildman–Crippen MR) is 97.9 cm³/mol. The highest BCUT2D eigenvalue weighted by atomic mass is 16.2. The van der Waals surface area contributed by atoms with E-state index in [1.807, 2.05) is 30.3 Å². The van der Waals surface area contributed by atoms with Crippen molar-refractivity contribution in [1.29, 1.82) is 0 Å². The minimum atomic E-state index is -0.224. The molecule has 0 unspecified atom stereocenters. The van der Waals surface area contributed by atoms with E-state index in [4.69, 9.17) is 0 Å². The summed E-state index contributed by atoms with van der Waals surface area (Å²) in [6, 6.07) is 11.5. The van der Waals surface area contributed by atoms with Crippen LogP contribution in [-0.2, 0) is 11.2 Å². The maximum Gasteiger partial charge on any atom is 0.274 e. The Bertz CT molecular complexity index is 737. The fraction of sp³-hybridized carbons (Fsp3) is 0.316. The van der Waals surface area contributed by atoms with Crippen LogP contribution in [-0.4, -0.2) is 48.4 Å². The summed E-state index contributed by atoms with van der Waals surface area (Å²) in [6.45, 7) is 4.98. The van der Waals surface area contributed by atoms with Crippen molar-refractivity contribution in [3.8, 4) is 0 Å². The molecule has 0 spiro atoms. The number of amides is 2. The molecule has 0 bridgehead atoms. The fourth-order valence-electron chi connectivity index (χ4n) is 2.84. The fourth-order valence-corrected chi connectivity index (χ4v) is 2.84. The number of carbonyl (C=O) groups excluding carboxylic acids is 2. The summed E-state index contributed by atoms with van der Waals surface area (Å²) < 4.78 is 0. The van der Waals surface area contributed by atoms with Crippen LogP contribution >= 0.6 is 0 Å². The summed E-state index contributed by atoms with van der Waals surface area (Å²) in [5.41, 5.74) is 3.32. The Balaban J connectivity index is 1.67. The van der Waals surface area contributed by atoms with Gasteiger partial charge in [0.25, 0.3) is 5.91 Å². The quantitative estimate of drug-likeness (QED) is 0.849. The zero-order valence-electron chi connectivity index (χ0n) is 14.3. The second kappa shape index (κ2) is 7.79. The first-order valence-corrected chi connectivity index (χ1v) is 8.50. The average molecular weight is 338 g/mol. The van der Waals surface area contributed by atoms with Gasteiger partial charge < -0.3 is 15.1 Å². The lowest BCUT2D eigenvalue weighted by molar-refractivity contribution is -0.118. The Kier molecular flexibility index (Phi) is 5.28. The van der Waals surface area contributed by atoms with Crippen LogP contribution < -0.4 is 10.2 Å². The number of hydrogen-bond acceptors (Lipinski definition) is 4. The van der Waals surface area contributed by atoms with E-state index in [0.717, 1.165) is 37.3 Å². The number of aryl methyl sites for hydroxylation is 1. The molecule has 1 N–H and O–H groups in total. The van der Waals surface area contributed by atoms with Gasteiger partial charge in [-0.1, -0.05) is 19.1 Å². The Labute approximate surface area is 147 Å². The van der Waals surface area contributed by atoms with Gasteiger partial charge in [0.15, 0.2) is 0 Å². The maximum absolute atomic E-state index is 12.5. The van der Waals surface area contributed by atoms with Gasteiger partial charge in [-0.25, -0.2) is 0 Å². The van der Waals surface area contributed by atoms with E-state index in [-0.39, 0.29) is 5.91 Å². The number of hydrogen-bond donors (Lipinski definition) is 1. The van der Waals surface area contributed by atoms with Crippen LogP contribution in [0.5, 0.6) is 0 Å². The zero-order chi connectivity index (χ0) is 17.6. The number of aromatic nitrogens is 1. The molecule has 2 aromatic rings. The molecule has 3 rings (SSSR count). The number of anilines is 2. The third kappa shape index (κ3) is 4.15. The standard InChI is InChI=1S/C19H22N4O2/c1-2-15-3-5-16(6-4-15)21-19(25)18-13-17(7-8-20-18)23-11-9-22(14-24)10-12-23/h3-8,13-14H,2,9-12H2,1H3,(H,21,25). The normalized spacial score (nSPS) is 14.3. The predicted octanol–water partition coefficient (Wildman–Crippen LogP) is 2.17. The number of rotatable bonds is 5. The molecule has 1 saturated heterocycles. The molecule has 0 atom stereocenters. The first kappa shape index (κ1) is 17.0. The summed E-state index contributed by atoms with van der Waals surface area (Å²) in [5, 5.41) is 2.88.